The zero-order valence-corrected chi connectivity index (χ0v) is 13.9. The van der Waals surface area contributed by atoms with Crippen molar-refractivity contribution in [1.82, 2.24) is 10.6 Å². The molecule has 5 nitrogen and oxygen atoms in total. The maximum Gasteiger partial charge on any atom is 0.315 e. The van der Waals surface area contributed by atoms with Crippen LogP contribution in [0.3, 0.4) is 0 Å². The zero-order valence-electron chi connectivity index (χ0n) is 13.9. The van der Waals surface area contributed by atoms with E-state index < -0.39 is 0 Å². The van der Waals surface area contributed by atoms with Crippen molar-refractivity contribution in [2.24, 2.45) is 17.3 Å². The Hall–Kier alpha value is -0.810. The molecule has 3 aliphatic carbocycles. The average molecular weight is 322 g/mol. The fourth-order valence-corrected chi connectivity index (χ4v) is 5.60. The van der Waals surface area contributed by atoms with Gasteiger partial charge in [0.2, 0.25) is 0 Å². The molecule has 0 radical (unpaired) electrons. The van der Waals surface area contributed by atoms with Gasteiger partial charge in [-0.25, -0.2) is 4.79 Å². The number of rotatable bonds is 3. The summed E-state index contributed by atoms with van der Waals surface area (Å²) in [5.74, 6) is 0.730. The molecule has 5 heteroatoms. The first-order valence-electron chi connectivity index (χ1n) is 9.54. The Morgan fingerprint density at radius 2 is 1.91 bits per heavy atom. The highest BCUT2D eigenvalue weighted by atomic mass is 16.5. The maximum atomic E-state index is 12.6. The lowest BCUT2D eigenvalue weighted by Gasteiger charge is -2.63. The molecule has 0 aromatic carbocycles. The number of hydrogen-bond acceptors (Lipinski definition) is 3. The van der Waals surface area contributed by atoms with Crippen molar-refractivity contribution < 1.29 is 14.6 Å². The second kappa shape index (κ2) is 6.25. The number of ether oxygens (including phenoxy) is 1. The van der Waals surface area contributed by atoms with E-state index in [1.54, 1.807) is 0 Å². The molecule has 4 rings (SSSR count). The standard InChI is InChI=1S/C18H30N2O3/c21-11-12-5-2-1-3-6-14(12)19-17(22)20-15-13-7-10-23-16(13)18(15)8-4-9-18/h12-16,21H,1-11H2,(H2,19,20,22). The Labute approximate surface area is 138 Å². The van der Waals surface area contributed by atoms with Crippen LogP contribution < -0.4 is 10.6 Å². The van der Waals surface area contributed by atoms with Gasteiger partial charge in [0.1, 0.15) is 0 Å². The first-order chi connectivity index (χ1) is 11.2. The van der Waals surface area contributed by atoms with Gasteiger partial charge in [-0.05, 0) is 32.1 Å². The van der Waals surface area contributed by atoms with E-state index in [1.807, 2.05) is 0 Å². The predicted octanol–water partition coefficient (Wildman–Crippen LogP) is 2.18. The minimum Gasteiger partial charge on any atom is -0.396 e. The van der Waals surface area contributed by atoms with Crippen molar-refractivity contribution in [2.75, 3.05) is 13.2 Å². The van der Waals surface area contributed by atoms with E-state index >= 15 is 0 Å². The van der Waals surface area contributed by atoms with Gasteiger partial charge in [-0.15, -0.1) is 0 Å². The molecular weight excluding hydrogens is 292 g/mol. The lowest BCUT2D eigenvalue weighted by molar-refractivity contribution is -0.172. The van der Waals surface area contributed by atoms with Crippen molar-refractivity contribution in [3.8, 4) is 0 Å². The van der Waals surface area contributed by atoms with E-state index in [4.69, 9.17) is 4.74 Å². The zero-order chi connectivity index (χ0) is 15.9. The molecule has 3 saturated carbocycles. The summed E-state index contributed by atoms with van der Waals surface area (Å²) in [6.07, 6.45) is 10.7. The summed E-state index contributed by atoms with van der Waals surface area (Å²) >= 11 is 0. The van der Waals surface area contributed by atoms with Gasteiger partial charge < -0.3 is 20.5 Å². The molecule has 2 amide bonds. The van der Waals surface area contributed by atoms with Crippen LogP contribution in [0.4, 0.5) is 4.79 Å². The van der Waals surface area contributed by atoms with Gasteiger partial charge in [-0.1, -0.05) is 25.7 Å². The molecule has 0 bridgehead atoms. The van der Waals surface area contributed by atoms with Crippen molar-refractivity contribution >= 4 is 6.03 Å². The second-order valence-electron chi connectivity index (χ2n) is 8.11. The molecule has 23 heavy (non-hydrogen) atoms. The third-order valence-electron chi connectivity index (χ3n) is 7.03. The molecule has 1 saturated heterocycles. The summed E-state index contributed by atoms with van der Waals surface area (Å²) < 4.78 is 5.92. The minimum atomic E-state index is -0.0306. The van der Waals surface area contributed by atoms with Gasteiger partial charge in [0.25, 0.3) is 0 Å². The van der Waals surface area contributed by atoms with Crippen molar-refractivity contribution in [3.05, 3.63) is 0 Å². The third-order valence-corrected chi connectivity index (χ3v) is 7.03. The summed E-state index contributed by atoms with van der Waals surface area (Å²) in [7, 11) is 0. The van der Waals surface area contributed by atoms with Crippen LogP contribution in [0.25, 0.3) is 0 Å². The van der Waals surface area contributed by atoms with Crippen LogP contribution in [-0.4, -0.2) is 42.5 Å². The van der Waals surface area contributed by atoms with E-state index in [2.05, 4.69) is 10.6 Å². The molecule has 4 fully saturated rings. The molecule has 0 aromatic rings. The Kier molecular flexibility index (Phi) is 4.26. The number of urea groups is 1. The Morgan fingerprint density at radius 3 is 2.65 bits per heavy atom. The topological polar surface area (TPSA) is 70.6 Å². The molecule has 5 unspecified atom stereocenters. The normalized spacial score (nSPS) is 41.3. The molecule has 5 atom stereocenters. The van der Waals surface area contributed by atoms with Crippen LogP contribution >= 0.6 is 0 Å². The van der Waals surface area contributed by atoms with Crippen LogP contribution in [0.1, 0.15) is 57.8 Å². The number of hydrogen-bond donors (Lipinski definition) is 3. The summed E-state index contributed by atoms with van der Waals surface area (Å²) in [5.41, 5.74) is 0.234. The first-order valence-corrected chi connectivity index (χ1v) is 9.54. The van der Waals surface area contributed by atoms with E-state index in [-0.39, 0.29) is 30.0 Å². The number of amides is 2. The number of aliphatic hydroxyl groups excluding tert-OH is 1. The Morgan fingerprint density at radius 1 is 1.09 bits per heavy atom. The van der Waals surface area contributed by atoms with E-state index in [9.17, 15) is 9.90 Å². The molecule has 1 heterocycles. The number of fused-ring (bicyclic) bond motifs is 2. The molecule has 0 aromatic heterocycles. The number of carbonyl (C=O) groups is 1. The largest absolute Gasteiger partial charge is 0.396 e. The fraction of sp³-hybridized carbons (Fsp3) is 0.944. The molecule has 3 N–H and O–H groups in total. The van der Waals surface area contributed by atoms with Crippen LogP contribution in [0.15, 0.2) is 0 Å². The van der Waals surface area contributed by atoms with Gasteiger partial charge in [0, 0.05) is 42.5 Å². The van der Waals surface area contributed by atoms with E-state index in [0.717, 1.165) is 38.7 Å². The molecule has 1 spiro atoms. The predicted molar refractivity (Wildman–Crippen MR) is 87.0 cm³/mol. The van der Waals surface area contributed by atoms with Gasteiger partial charge in [-0.3, -0.25) is 0 Å². The molecular formula is C18H30N2O3. The first kappa shape index (κ1) is 15.7. The monoisotopic (exact) mass is 322 g/mol. The third kappa shape index (κ3) is 2.56. The van der Waals surface area contributed by atoms with Crippen LogP contribution in [0, 0.1) is 17.3 Å². The van der Waals surface area contributed by atoms with Crippen molar-refractivity contribution in [1.29, 1.82) is 0 Å². The summed E-state index contributed by atoms with van der Waals surface area (Å²) in [6.45, 7) is 1.03. The van der Waals surface area contributed by atoms with Gasteiger partial charge in [0.15, 0.2) is 0 Å². The number of aliphatic hydroxyl groups is 1. The number of nitrogens with one attached hydrogen (secondary N) is 2. The quantitative estimate of drug-likeness (QED) is 0.698. The smallest absolute Gasteiger partial charge is 0.315 e. The second-order valence-corrected chi connectivity index (χ2v) is 8.11. The highest BCUT2D eigenvalue weighted by Gasteiger charge is 2.67. The van der Waals surface area contributed by atoms with Crippen molar-refractivity contribution in [2.45, 2.75) is 76.0 Å². The fourth-order valence-electron chi connectivity index (χ4n) is 5.60. The van der Waals surface area contributed by atoms with Gasteiger partial charge in [0.05, 0.1) is 6.10 Å². The highest BCUT2D eigenvalue weighted by molar-refractivity contribution is 5.75. The van der Waals surface area contributed by atoms with E-state index in [0.29, 0.717) is 18.1 Å². The summed E-state index contributed by atoms with van der Waals surface area (Å²) in [5, 5.41) is 16.1. The van der Waals surface area contributed by atoms with E-state index in [1.165, 1.54) is 25.7 Å². The van der Waals surface area contributed by atoms with Gasteiger partial charge >= 0.3 is 6.03 Å². The minimum absolute atomic E-state index is 0.0306. The molecule has 4 aliphatic rings. The average Bonchev–Trinajstić information content (AvgIpc) is 2.78. The van der Waals surface area contributed by atoms with Crippen LogP contribution in [0.5, 0.6) is 0 Å². The van der Waals surface area contributed by atoms with Crippen LogP contribution in [-0.2, 0) is 4.74 Å². The van der Waals surface area contributed by atoms with Crippen molar-refractivity contribution in [3.63, 3.8) is 0 Å². The van der Waals surface area contributed by atoms with Gasteiger partial charge in [-0.2, -0.15) is 0 Å². The lowest BCUT2D eigenvalue weighted by Crippen LogP contribution is -2.72. The maximum absolute atomic E-state index is 12.6. The summed E-state index contributed by atoms with van der Waals surface area (Å²) in [6, 6.07) is 0.384. The number of carbonyl (C=O) groups excluding carboxylic acids is 1. The molecule has 130 valence electrons. The SMILES string of the molecule is O=C(NC1CCCCCC1CO)NC1C2CCOC2C12CCC2. The lowest BCUT2D eigenvalue weighted by atomic mass is 9.46. The summed E-state index contributed by atoms with van der Waals surface area (Å²) in [4.78, 5) is 12.6. The Bertz CT molecular complexity index is 452. The molecule has 1 aliphatic heterocycles. The highest BCUT2D eigenvalue weighted by Crippen LogP contribution is 2.62. The van der Waals surface area contributed by atoms with Crippen LogP contribution in [0.2, 0.25) is 0 Å². The Balaban J connectivity index is 1.36.